The predicted molar refractivity (Wildman–Crippen MR) is 72.6 cm³/mol. The molecule has 1 atom stereocenters. The van der Waals surface area contributed by atoms with Gasteiger partial charge in [-0.1, -0.05) is 0 Å². The van der Waals surface area contributed by atoms with Crippen molar-refractivity contribution in [1.29, 1.82) is 5.26 Å². The molecule has 0 saturated carbocycles. The molecule has 0 aliphatic carbocycles. The van der Waals surface area contributed by atoms with E-state index in [1.54, 1.807) is 25.3 Å². The van der Waals surface area contributed by atoms with Crippen LogP contribution in [0.25, 0.3) is 0 Å². The van der Waals surface area contributed by atoms with E-state index in [0.717, 1.165) is 0 Å². The molecule has 2 rings (SSSR count). The van der Waals surface area contributed by atoms with Crippen molar-refractivity contribution < 1.29 is 19.3 Å². The first-order valence-corrected chi connectivity index (χ1v) is 6.56. The average Bonchev–Trinajstić information content (AvgIpc) is 2.54. The van der Waals surface area contributed by atoms with Crippen LogP contribution in [0.1, 0.15) is 24.5 Å². The highest BCUT2D eigenvalue weighted by Gasteiger charge is 2.42. The monoisotopic (exact) mass is 277 g/mol. The molecule has 0 aromatic heterocycles. The number of hydrogen-bond donors (Lipinski definition) is 1. The maximum Gasteiger partial charge on any atom is 0.128 e. The van der Waals surface area contributed by atoms with Crippen molar-refractivity contribution in [1.82, 2.24) is 0 Å². The van der Waals surface area contributed by atoms with Gasteiger partial charge in [0.2, 0.25) is 0 Å². The summed E-state index contributed by atoms with van der Waals surface area (Å²) in [6.45, 7) is 0.978. The third kappa shape index (κ3) is 2.58. The Kier molecular flexibility index (Phi) is 4.48. The molecule has 1 aromatic rings. The molecule has 1 fully saturated rings. The van der Waals surface area contributed by atoms with E-state index in [1.807, 2.05) is 0 Å². The maximum atomic E-state index is 10.7. The van der Waals surface area contributed by atoms with Gasteiger partial charge in [0.15, 0.2) is 0 Å². The number of methoxy groups -OCH3 is 2. The van der Waals surface area contributed by atoms with Crippen LogP contribution in [0.2, 0.25) is 0 Å². The van der Waals surface area contributed by atoms with Crippen molar-refractivity contribution in [3.05, 3.63) is 23.8 Å². The fourth-order valence-corrected chi connectivity index (χ4v) is 2.52. The third-order valence-corrected chi connectivity index (χ3v) is 3.87. The Hall–Kier alpha value is -1.77. The summed E-state index contributed by atoms with van der Waals surface area (Å²) in [6.07, 6.45) is 0.122. The summed E-state index contributed by atoms with van der Waals surface area (Å²) in [5, 5.41) is 20.2. The molecule has 1 aliphatic rings. The number of aliphatic hydroxyl groups excluding tert-OH is 1. The standard InChI is InChI=1S/C15H19NO4/c1-18-11-3-4-12(13(9-11)19-2)14(17)15(10-16)5-7-20-8-6-15/h3-4,9,14,17H,5-8H2,1-2H3. The van der Waals surface area contributed by atoms with Crippen molar-refractivity contribution in [2.45, 2.75) is 18.9 Å². The topological polar surface area (TPSA) is 71.7 Å². The van der Waals surface area contributed by atoms with Crippen LogP contribution in [0, 0.1) is 16.7 Å². The van der Waals surface area contributed by atoms with Gasteiger partial charge < -0.3 is 19.3 Å². The number of hydrogen-bond acceptors (Lipinski definition) is 5. The van der Waals surface area contributed by atoms with Gasteiger partial charge in [-0.3, -0.25) is 0 Å². The highest BCUT2D eigenvalue weighted by Crippen LogP contribution is 2.45. The van der Waals surface area contributed by atoms with E-state index in [9.17, 15) is 10.4 Å². The van der Waals surface area contributed by atoms with Gasteiger partial charge in [-0.2, -0.15) is 5.26 Å². The molecular formula is C15H19NO4. The van der Waals surface area contributed by atoms with Gasteiger partial charge in [-0.05, 0) is 25.0 Å². The van der Waals surface area contributed by atoms with Gasteiger partial charge in [0.1, 0.15) is 17.6 Å². The lowest BCUT2D eigenvalue weighted by Crippen LogP contribution is -2.34. The lowest BCUT2D eigenvalue weighted by atomic mass is 9.74. The SMILES string of the molecule is COc1ccc(C(O)C2(C#N)CCOCC2)c(OC)c1. The predicted octanol–water partition coefficient (Wildman–Crippen LogP) is 2.06. The quantitative estimate of drug-likeness (QED) is 0.912. The zero-order chi connectivity index (χ0) is 14.6. The Morgan fingerprint density at radius 3 is 2.55 bits per heavy atom. The van der Waals surface area contributed by atoms with Crippen molar-refractivity contribution in [2.75, 3.05) is 27.4 Å². The van der Waals surface area contributed by atoms with E-state index < -0.39 is 11.5 Å². The largest absolute Gasteiger partial charge is 0.497 e. The molecule has 1 unspecified atom stereocenters. The van der Waals surface area contributed by atoms with E-state index in [2.05, 4.69) is 6.07 Å². The molecule has 1 N–H and O–H groups in total. The summed E-state index contributed by atoms with van der Waals surface area (Å²) in [7, 11) is 3.11. The molecule has 108 valence electrons. The summed E-state index contributed by atoms with van der Waals surface area (Å²) >= 11 is 0. The number of benzene rings is 1. The van der Waals surface area contributed by atoms with Crippen LogP contribution >= 0.6 is 0 Å². The Morgan fingerprint density at radius 2 is 2.00 bits per heavy atom. The first-order chi connectivity index (χ1) is 9.66. The number of rotatable bonds is 4. The van der Waals surface area contributed by atoms with Crippen LogP contribution < -0.4 is 9.47 Å². The van der Waals surface area contributed by atoms with E-state index in [4.69, 9.17) is 14.2 Å². The van der Waals surface area contributed by atoms with Crippen LogP contribution in [-0.2, 0) is 4.74 Å². The molecule has 0 bridgehead atoms. The normalized spacial score (nSPS) is 18.9. The zero-order valence-corrected chi connectivity index (χ0v) is 11.8. The highest BCUT2D eigenvalue weighted by atomic mass is 16.5. The highest BCUT2D eigenvalue weighted by molar-refractivity contribution is 5.43. The van der Waals surface area contributed by atoms with Crippen molar-refractivity contribution in [3.63, 3.8) is 0 Å². The molecular weight excluding hydrogens is 258 g/mol. The second kappa shape index (κ2) is 6.12. The Bertz CT molecular complexity index is 503. The van der Waals surface area contributed by atoms with Crippen LogP contribution in [0.5, 0.6) is 11.5 Å². The van der Waals surface area contributed by atoms with Crippen molar-refractivity contribution in [3.8, 4) is 17.6 Å². The molecule has 1 aliphatic heterocycles. The molecule has 0 radical (unpaired) electrons. The Morgan fingerprint density at radius 1 is 1.30 bits per heavy atom. The summed E-state index contributed by atoms with van der Waals surface area (Å²) in [4.78, 5) is 0. The first-order valence-electron chi connectivity index (χ1n) is 6.56. The maximum absolute atomic E-state index is 10.7. The van der Waals surface area contributed by atoms with E-state index in [1.165, 1.54) is 7.11 Å². The molecule has 1 aromatic carbocycles. The van der Waals surface area contributed by atoms with Gasteiger partial charge in [0.05, 0.1) is 25.7 Å². The van der Waals surface area contributed by atoms with E-state index in [-0.39, 0.29) is 0 Å². The average molecular weight is 277 g/mol. The lowest BCUT2D eigenvalue weighted by molar-refractivity contribution is -0.0317. The summed E-state index contributed by atoms with van der Waals surface area (Å²) in [6, 6.07) is 7.49. The molecule has 1 saturated heterocycles. The molecule has 20 heavy (non-hydrogen) atoms. The smallest absolute Gasteiger partial charge is 0.128 e. The summed E-state index contributed by atoms with van der Waals surface area (Å²) in [5.74, 6) is 1.17. The fourth-order valence-electron chi connectivity index (χ4n) is 2.52. The molecule has 5 heteroatoms. The molecule has 0 spiro atoms. The van der Waals surface area contributed by atoms with Gasteiger partial charge in [0, 0.05) is 24.8 Å². The van der Waals surface area contributed by atoms with Crippen molar-refractivity contribution in [2.24, 2.45) is 5.41 Å². The zero-order valence-electron chi connectivity index (χ0n) is 11.8. The Balaban J connectivity index is 2.36. The molecule has 5 nitrogen and oxygen atoms in total. The second-order valence-electron chi connectivity index (χ2n) is 4.89. The fraction of sp³-hybridized carbons (Fsp3) is 0.533. The summed E-state index contributed by atoms with van der Waals surface area (Å²) < 4.78 is 15.7. The second-order valence-corrected chi connectivity index (χ2v) is 4.89. The van der Waals surface area contributed by atoms with E-state index in [0.29, 0.717) is 43.1 Å². The number of ether oxygens (including phenoxy) is 3. The molecule has 1 heterocycles. The van der Waals surface area contributed by atoms with Crippen LogP contribution in [0.15, 0.2) is 18.2 Å². The minimum absolute atomic E-state index is 0.489. The lowest BCUT2D eigenvalue weighted by Gasteiger charge is -2.35. The minimum atomic E-state index is -0.905. The molecule has 0 amide bonds. The van der Waals surface area contributed by atoms with Crippen LogP contribution in [0.3, 0.4) is 0 Å². The van der Waals surface area contributed by atoms with Gasteiger partial charge in [-0.15, -0.1) is 0 Å². The van der Waals surface area contributed by atoms with Crippen molar-refractivity contribution >= 4 is 0 Å². The van der Waals surface area contributed by atoms with Gasteiger partial charge >= 0.3 is 0 Å². The Labute approximate surface area is 118 Å². The van der Waals surface area contributed by atoms with Crippen LogP contribution in [0.4, 0.5) is 0 Å². The van der Waals surface area contributed by atoms with Crippen LogP contribution in [-0.4, -0.2) is 32.5 Å². The number of nitriles is 1. The van der Waals surface area contributed by atoms with Gasteiger partial charge in [-0.25, -0.2) is 0 Å². The first kappa shape index (κ1) is 14.6. The number of nitrogens with zero attached hydrogens (tertiary/aromatic N) is 1. The summed E-state index contributed by atoms with van der Waals surface area (Å²) in [5.41, 5.74) is -0.211. The number of aliphatic hydroxyl groups is 1. The van der Waals surface area contributed by atoms with E-state index >= 15 is 0 Å². The van der Waals surface area contributed by atoms with Gasteiger partial charge in [0.25, 0.3) is 0 Å². The minimum Gasteiger partial charge on any atom is -0.497 e. The third-order valence-electron chi connectivity index (χ3n) is 3.87.